The van der Waals surface area contributed by atoms with E-state index in [1.807, 2.05) is 18.7 Å². The SMILES string of the molecule is CCNCN(C(C)=O)C1[C@H](C)OC(COC)[C@@H](C)[C@H]1OC. The minimum Gasteiger partial charge on any atom is -0.382 e. The van der Waals surface area contributed by atoms with Crippen LogP contribution in [0.2, 0.25) is 0 Å². The number of hydrogen-bond donors (Lipinski definition) is 1. The molecule has 1 fully saturated rings. The van der Waals surface area contributed by atoms with Crippen molar-refractivity contribution in [3.05, 3.63) is 0 Å². The van der Waals surface area contributed by atoms with Crippen molar-refractivity contribution in [3.63, 3.8) is 0 Å². The number of rotatable bonds is 7. The Bertz CT molecular complexity index is 327. The van der Waals surface area contributed by atoms with E-state index in [2.05, 4.69) is 12.2 Å². The Morgan fingerprint density at radius 3 is 2.48 bits per heavy atom. The van der Waals surface area contributed by atoms with Crippen LogP contribution in [0, 0.1) is 5.92 Å². The van der Waals surface area contributed by atoms with Crippen LogP contribution in [0.25, 0.3) is 0 Å². The highest BCUT2D eigenvalue weighted by Crippen LogP contribution is 2.31. The summed E-state index contributed by atoms with van der Waals surface area (Å²) in [5.74, 6) is 0.176. The summed E-state index contributed by atoms with van der Waals surface area (Å²) < 4.78 is 17.0. The molecule has 0 spiro atoms. The fourth-order valence-corrected chi connectivity index (χ4v) is 3.07. The van der Waals surface area contributed by atoms with Crippen molar-refractivity contribution in [1.82, 2.24) is 10.2 Å². The number of carbonyl (C=O) groups excluding carboxylic acids is 1. The van der Waals surface area contributed by atoms with Crippen LogP contribution >= 0.6 is 0 Å². The highest BCUT2D eigenvalue weighted by Gasteiger charge is 2.45. The molecule has 0 aromatic heterocycles. The summed E-state index contributed by atoms with van der Waals surface area (Å²) in [6, 6.07) is -0.102. The summed E-state index contributed by atoms with van der Waals surface area (Å²) in [5, 5.41) is 3.21. The third kappa shape index (κ3) is 4.39. The van der Waals surface area contributed by atoms with Crippen LogP contribution < -0.4 is 5.32 Å². The zero-order chi connectivity index (χ0) is 16.0. The third-order valence-electron chi connectivity index (χ3n) is 4.21. The van der Waals surface area contributed by atoms with Gasteiger partial charge in [0.15, 0.2) is 0 Å². The predicted molar refractivity (Wildman–Crippen MR) is 81.0 cm³/mol. The molecule has 0 aliphatic carbocycles. The standard InChI is InChI=1S/C15H30N2O4/c1-7-16-9-17(12(4)18)14-11(3)21-13(8-19-5)10(2)15(14)20-6/h10-11,13-16H,7-9H2,1-6H3/t10-,11+,13?,14?,15-/m1/s1. The molecule has 1 rings (SSSR count). The smallest absolute Gasteiger partial charge is 0.220 e. The minimum absolute atomic E-state index is 0.0147. The fraction of sp³-hybridized carbons (Fsp3) is 0.933. The number of methoxy groups -OCH3 is 2. The van der Waals surface area contributed by atoms with Crippen molar-refractivity contribution in [3.8, 4) is 0 Å². The molecule has 2 unspecified atom stereocenters. The molecule has 0 radical (unpaired) electrons. The Balaban J connectivity index is 2.94. The van der Waals surface area contributed by atoms with Crippen LogP contribution in [-0.4, -0.2) is 69.2 Å². The monoisotopic (exact) mass is 302 g/mol. The van der Waals surface area contributed by atoms with Gasteiger partial charge in [-0.05, 0) is 13.5 Å². The summed E-state index contributed by atoms with van der Waals surface area (Å²) in [4.78, 5) is 13.8. The van der Waals surface area contributed by atoms with Gasteiger partial charge in [0, 0.05) is 27.1 Å². The molecule has 6 nitrogen and oxygen atoms in total. The Kier molecular flexibility index (Phi) is 7.59. The van der Waals surface area contributed by atoms with Gasteiger partial charge in [0.1, 0.15) is 0 Å². The van der Waals surface area contributed by atoms with Gasteiger partial charge < -0.3 is 24.4 Å². The van der Waals surface area contributed by atoms with Gasteiger partial charge in [-0.3, -0.25) is 4.79 Å². The summed E-state index contributed by atoms with van der Waals surface area (Å²) in [7, 11) is 3.36. The molecule has 124 valence electrons. The first-order chi connectivity index (χ1) is 9.97. The predicted octanol–water partition coefficient (Wildman–Crippen LogP) is 0.855. The summed E-state index contributed by atoms with van der Waals surface area (Å²) in [6.07, 6.45) is -0.190. The first-order valence-electron chi connectivity index (χ1n) is 7.62. The van der Waals surface area contributed by atoms with Gasteiger partial charge >= 0.3 is 0 Å². The van der Waals surface area contributed by atoms with Gasteiger partial charge in [0.25, 0.3) is 0 Å². The van der Waals surface area contributed by atoms with Crippen molar-refractivity contribution in [2.75, 3.05) is 34.0 Å². The molecule has 0 aromatic carbocycles. The normalized spacial score (nSPS) is 33.0. The van der Waals surface area contributed by atoms with Gasteiger partial charge in [-0.15, -0.1) is 0 Å². The topological polar surface area (TPSA) is 60.0 Å². The zero-order valence-corrected chi connectivity index (χ0v) is 14.1. The van der Waals surface area contributed by atoms with Gasteiger partial charge in [-0.25, -0.2) is 0 Å². The Labute approximate surface area is 128 Å². The van der Waals surface area contributed by atoms with E-state index in [9.17, 15) is 4.79 Å². The second-order valence-corrected chi connectivity index (χ2v) is 5.64. The van der Waals surface area contributed by atoms with E-state index in [4.69, 9.17) is 14.2 Å². The Morgan fingerprint density at radius 2 is 2.00 bits per heavy atom. The highest BCUT2D eigenvalue weighted by molar-refractivity contribution is 5.73. The molecular weight excluding hydrogens is 272 g/mol. The third-order valence-corrected chi connectivity index (χ3v) is 4.21. The number of carbonyl (C=O) groups is 1. The van der Waals surface area contributed by atoms with Crippen molar-refractivity contribution in [2.24, 2.45) is 5.92 Å². The molecule has 0 saturated carbocycles. The fourth-order valence-electron chi connectivity index (χ4n) is 3.07. The van der Waals surface area contributed by atoms with Gasteiger partial charge in [-0.1, -0.05) is 13.8 Å². The van der Waals surface area contributed by atoms with E-state index in [1.165, 1.54) is 0 Å². The molecule has 1 saturated heterocycles. The number of amides is 1. The van der Waals surface area contributed by atoms with Crippen molar-refractivity contribution >= 4 is 5.91 Å². The van der Waals surface area contributed by atoms with Crippen LogP contribution in [0.4, 0.5) is 0 Å². The first-order valence-corrected chi connectivity index (χ1v) is 7.62. The molecule has 6 heteroatoms. The molecular formula is C15H30N2O4. The molecule has 1 amide bonds. The number of nitrogens with zero attached hydrogens (tertiary/aromatic N) is 1. The maximum Gasteiger partial charge on any atom is 0.220 e. The Morgan fingerprint density at radius 1 is 1.33 bits per heavy atom. The lowest BCUT2D eigenvalue weighted by atomic mass is 9.86. The molecule has 0 aromatic rings. The van der Waals surface area contributed by atoms with Crippen molar-refractivity contribution in [1.29, 1.82) is 0 Å². The van der Waals surface area contributed by atoms with Gasteiger partial charge in [-0.2, -0.15) is 0 Å². The van der Waals surface area contributed by atoms with E-state index in [0.29, 0.717) is 13.3 Å². The van der Waals surface area contributed by atoms with Crippen molar-refractivity contribution in [2.45, 2.75) is 52.0 Å². The summed E-state index contributed by atoms with van der Waals surface area (Å²) in [6.45, 7) is 9.53. The lowest BCUT2D eigenvalue weighted by molar-refractivity contribution is -0.195. The molecule has 1 heterocycles. The second kappa shape index (κ2) is 8.68. The van der Waals surface area contributed by atoms with Gasteiger partial charge in [0.05, 0.1) is 37.6 Å². The molecule has 0 bridgehead atoms. The van der Waals surface area contributed by atoms with Crippen molar-refractivity contribution < 1.29 is 19.0 Å². The molecule has 1 aliphatic heterocycles. The largest absolute Gasteiger partial charge is 0.382 e. The Hall–Kier alpha value is -0.690. The average Bonchev–Trinajstić information content (AvgIpc) is 2.44. The number of hydrogen-bond acceptors (Lipinski definition) is 5. The van der Waals surface area contributed by atoms with E-state index in [1.54, 1.807) is 21.1 Å². The van der Waals surface area contributed by atoms with E-state index in [0.717, 1.165) is 6.54 Å². The molecule has 21 heavy (non-hydrogen) atoms. The quantitative estimate of drug-likeness (QED) is 0.707. The highest BCUT2D eigenvalue weighted by atomic mass is 16.5. The second-order valence-electron chi connectivity index (χ2n) is 5.64. The number of nitrogens with one attached hydrogen (secondary N) is 1. The summed E-state index contributed by atoms with van der Waals surface area (Å²) >= 11 is 0. The van der Waals surface area contributed by atoms with E-state index >= 15 is 0 Å². The first kappa shape index (κ1) is 18.4. The van der Waals surface area contributed by atoms with Gasteiger partial charge in [0.2, 0.25) is 5.91 Å². The van der Waals surface area contributed by atoms with Crippen LogP contribution in [0.5, 0.6) is 0 Å². The van der Waals surface area contributed by atoms with Crippen LogP contribution in [0.1, 0.15) is 27.7 Å². The lowest BCUT2D eigenvalue weighted by Crippen LogP contribution is -2.63. The molecule has 1 aliphatic rings. The maximum absolute atomic E-state index is 12.0. The van der Waals surface area contributed by atoms with Crippen LogP contribution in [0.3, 0.4) is 0 Å². The minimum atomic E-state index is -0.103. The van der Waals surface area contributed by atoms with E-state index in [-0.39, 0.29) is 36.2 Å². The van der Waals surface area contributed by atoms with Crippen LogP contribution in [0.15, 0.2) is 0 Å². The lowest BCUT2D eigenvalue weighted by Gasteiger charge is -2.48. The number of ether oxygens (including phenoxy) is 3. The average molecular weight is 302 g/mol. The summed E-state index contributed by atoms with van der Waals surface area (Å²) in [5.41, 5.74) is 0. The molecule has 5 atom stereocenters. The van der Waals surface area contributed by atoms with Crippen LogP contribution in [-0.2, 0) is 19.0 Å². The van der Waals surface area contributed by atoms with E-state index < -0.39 is 0 Å². The zero-order valence-electron chi connectivity index (χ0n) is 14.1. The molecule has 1 N–H and O–H groups in total. The maximum atomic E-state index is 12.0.